The predicted octanol–water partition coefficient (Wildman–Crippen LogP) is 15.1. The summed E-state index contributed by atoms with van der Waals surface area (Å²) in [5.74, 6) is 0. The highest BCUT2D eigenvalue weighted by Gasteiger charge is 2.37. The van der Waals surface area contributed by atoms with E-state index in [1.807, 2.05) is 86.7 Å². The molecule has 69 heavy (non-hydrogen) atoms. The third kappa shape index (κ3) is 13.2. The Bertz CT molecular complexity index is 2870. The Morgan fingerprint density at radius 2 is 1.42 bits per heavy atom. The average molecular weight is 969 g/mol. The highest BCUT2D eigenvalue weighted by molar-refractivity contribution is 7.82. The van der Waals surface area contributed by atoms with E-state index in [2.05, 4.69) is 155 Å². The molecule has 3 atom stereocenters. The number of benzene rings is 5. The molecule has 1 N–H and O–H groups in total. The Kier molecular flexibility index (Phi) is 21.7. The van der Waals surface area contributed by atoms with E-state index in [1.165, 1.54) is 35.4 Å². The van der Waals surface area contributed by atoms with E-state index in [0.29, 0.717) is 27.8 Å². The number of aliphatic hydroxyl groups excluding tert-OH is 1. The van der Waals surface area contributed by atoms with Crippen molar-refractivity contribution in [1.82, 2.24) is 0 Å². The van der Waals surface area contributed by atoms with Crippen molar-refractivity contribution in [2.45, 2.75) is 78.8 Å². The molecule has 3 nitrogen and oxygen atoms in total. The first-order valence-electron chi connectivity index (χ1n) is 24.1. The zero-order chi connectivity index (χ0) is 49.7. The highest BCUT2D eigenvalue weighted by Crippen LogP contribution is 2.56. The van der Waals surface area contributed by atoms with Crippen LogP contribution in [0.25, 0.3) is 30.4 Å². The Labute approximate surface area is 416 Å². The fourth-order valence-electron chi connectivity index (χ4n) is 9.02. The van der Waals surface area contributed by atoms with Gasteiger partial charge in [0.15, 0.2) is 7.14 Å². The summed E-state index contributed by atoms with van der Waals surface area (Å²) >= 11 is 0. The Hall–Kier alpha value is -5.65. The smallest absolute Gasteiger partial charge is 0.167 e. The molecule has 0 aromatic heterocycles. The van der Waals surface area contributed by atoms with Gasteiger partial charge in [0, 0.05) is 34.5 Å². The Morgan fingerprint density at radius 1 is 0.725 bits per heavy atom. The molecular formula is C63H71O3P3. The minimum absolute atomic E-state index is 0.248. The molecule has 0 amide bonds. The van der Waals surface area contributed by atoms with E-state index >= 15 is 9.13 Å². The SMILES string of the molecule is C1=CCCCC=C1.C=CCC/C(=C\C)P(=O)(c1ccccc1)c1ccc(CP(=O)(c2ccc(Pc3cccc(C)c3)c(/C=C\CC)c2C=C)c2cccc3c2CC=CC=C3)c(/C=C\C)c1C=C.CO. The Morgan fingerprint density at radius 3 is 2.09 bits per heavy atom. The van der Waals surface area contributed by atoms with E-state index < -0.39 is 14.3 Å². The summed E-state index contributed by atoms with van der Waals surface area (Å²) < 4.78 is 32.9. The van der Waals surface area contributed by atoms with Crippen molar-refractivity contribution in [2.75, 3.05) is 7.11 Å². The first kappa shape index (κ1) is 54.3. The fourth-order valence-corrected chi connectivity index (χ4v) is 16.7. The standard InChI is InChI=1S/C55H57O2P3.C7H10.CH4O/c1-8-14-29-45(11-4)60(57,46-30-19-17-20-31-46)55-37-35-43(49(24-10-3)47(55)12-5)40-59(56,53-34-23-27-42-26-18-16-21-33-50(42)53)54-38-36-52(51(32-15-9-2)48(54)13-6)58-44-28-22-25-41(7)39-44;1-2-4-6-7-5-3-1;1-2/h8,10-13,15-28,30-32,34-39,58H,1,5-6,9,14,29,33,40H2,2-4,7H3;1-4H,5-7H2;2H,1H3/b24-10-,32-15-,45-11+;;. The topological polar surface area (TPSA) is 54.4 Å². The number of aliphatic hydroxyl groups is 1. The lowest BCUT2D eigenvalue weighted by molar-refractivity contribution is 0.399. The molecule has 7 rings (SSSR count). The number of allylic oxidation sites excluding steroid dienone is 12. The van der Waals surface area contributed by atoms with Gasteiger partial charge in [-0.1, -0.05) is 216 Å². The van der Waals surface area contributed by atoms with Crippen molar-refractivity contribution in [2.24, 2.45) is 0 Å². The molecule has 0 saturated carbocycles. The van der Waals surface area contributed by atoms with Crippen molar-refractivity contribution in [3.05, 3.63) is 233 Å². The lowest BCUT2D eigenvalue weighted by Crippen LogP contribution is -2.27. The zero-order valence-electron chi connectivity index (χ0n) is 41.4. The van der Waals surface area contributed by atoms with Gasteiger partial charge in [-0.3, -0.25) is 0 Å². The molecule has 2 aliphatic carbocycles. The second kappa shape index (κ2) is 27.5. The number of aryl methyl sites for hydroxylation is 1. The maximum atomic E-state index is 17.0. The first-order chi connectivity index (χ1) is 33.7. The molecule has 2 aliphatic rings. The molecule has 5 aromatic carbocycles. The van der Waals surface area contributed by atoms with Crippen LogP contribution in [0.4, 0.5) is 0 Å². The van der Waals surface area contributed by atoms with Crippen LogP contribution in [-0.4, -0.2) is 12.2 Å². The van der Waals surface area contributed by atoms with E-state index in [-0.39, 0.29) is 6.16 Å². The number of rotatable bonds is 17. The van der Waals surface area contributed by atoms with Gasteiger partial charge < -0.3 is 14.2 Å². The minimum Gasteiger partial charge on any atom is -0.400 e. The maximum absolute atomic E-state index is 17.0. The third-order valence-electron chi connectivity index (χ3n) is 12.3. The van der Waals surface area contributed by atoms with E-state index in [0.717, 1.165) is 79.0 Å². The summed E-state index contributed by atoms with van der Waals surface area (Å²) in [7, 11) is -5.44. The quantitative estimate of drug-likeness (QED) is 0.0746. The van der Waals surface area contributed by atoms with Crippen LogP contribution in [0.1, 0.15) is 104 Å². The summed E-state index contributed by atoms with van der Waals surface area (Å²) in [6.45, 7) is 20.9. The molecule has 0 saturated heterocycles. The number of hydrogen-bond donors (Lipinski definition) is 1. The van der Waals surface area contributed by atoms with E-state index in [4.69, 9.17) is 5.11 Å². The fraction of sp³-hybridized carbons (Fsp3) is 0.206. The monoisotopic (exact) mass is 968 g/mol. The lowest BCUT2D eigenvalue weighted by atomic mass is 10.0. The van der Waals surface area contributed by atoms with Crippen LogP contribution in [0.3, 0.4) is 0 Å². The van der Waals surface area contributed by atoms with Gasteiger partial charge >= 0.3 is 0 Å². The molecule has 5 aromatic rings. The summed E-state index contributed by atoms with van der Waals surface area (Å²) in [5, 5.41) is 13.5. The lowest BCUT2D eigenvalue weighted by Gasteiger charge is -2.29. The van der Waals surface area contributed by atoms with Gasteiger partial charge in [-0.2, -0.15) is 0 Å². The molecule has 6 heteroatoms. The normalized spacial score (nSPS) is 15.0. The van der Waals surface area contributed by atoms with Crippen LogP contribution in [-0.2, 0) is 21.7 Å². The van der Waals surface area contributed by atoms with Crippen molar-refractivity contribution in [1.29, 1.82) is 0 Å². The van der Waals surface area contributed by atoms with E-state index in [9.17, 15) is 0 Å². The predicted molar refractivity (Wildman–Crippen MR) is 312 cm³/mol. The van der Waals surface area contributed by atoms with Crippen molar-refractivity contribution < 1.29 is 14.2 Å². The average Bonchev–Trinajstić information content (AvgIpc) is 3.84. The number of hydrogen-bond acceptors (Lipinski definition) is 3. The van der Waals surface area contributed by atoms with Crippen molar-refractivity contribution in [3.63, 3.8) is 0 Å². The van der Waals surface area contributed by atoms with Crippen LogP contribution in [0, 0.1) is 6.92 Å². The summed E-state index contributed by atoms with van der Waals surface area (Å²) in [6.07, 6.45) is 40.1. The second-order valence-electron chi connectivity index (χ2n) is 16.8. The highest BCUT2D eigenvalue weighted by atomic mass is 31.2. The molecule has 356 valence electrons. The summed E-state index contributed by atoms with van der Waals surface area (Å²) in [4.78, 5) is 0. The van der Waals surface area contributed by atoms with Crippen LogP contribution in [0.5, 0.6) is 0 Å². The maximum Gasteiger partial charge on any atom is 0.167 e. The van der Waals surface area contributed by atoms with Crippen LogP contribution >= 0.6 is 22.9 Å². The molecule has 3 unspecified atom stereocenters. The molecule has 0 aliphatic heterocycles. The van der Waals surface area contributed by atoms with Crippen molar-refractivity contribution in [3.8, 4) is 0 Å². The molecule has 0 radical (unpaired) electrons. The van der Waals surface area contributed by atoms with Gasteiger partial charge in [0.2, 0.25) is 0 Å². The zero-order valence-corrected chi connectivity index (χ0v) is 44.2. The molecular weight excluding hydrogens is 898 g/mol. The molecule has 0 bridgehead atoms. The van der Waals surface area contributed by atoms with Crippen LogP contribution in [0.2, 0.25) is 0 Å². The molecule has 0 heterocycles. The molecule has 0 fully saturated rings. The van der Waals surface area contributed by atoms with Gasteiger partial charge in [-0.05, 0) is 133 Å². The number of fused-ring (bicyclic) bond motifs is 1. The minimum atomic E-state index is -3.51. The first-order valence-corrected chi connectivity index (χ1v) is 28.7. The van der Waals surface area contributed by atoms with Gasteiger partial charge in [0.1, 0.15) is 7.14 Å². The van der Waals surface area contributed by atoms with Gasteiger partial charge in [-0.15, -0.1) is 6.58 Å². The summed E-state index contributed by atoms with van der Waals surface area (Å²) in [5.41, 5.74) is 7.91. The van der Waals surface area contributed by atoms with Crippen molar-refractivity contribution >= 4 is 85.1 Å². The Balaban J connectivity index is 0.000000894. The molecule has 0 spiro atoms. The van der Waals surface area contributed by atoms with Crippen LogP contribution in [0.15, 0.2) is 189 Å². The third-order valence-corrected chi connectivity index (χ3v) is 20.1. The second-order valence-corrected chi connectivity index (χ2v) is 23.7. The largest absolute Gasteiger partial charge is 0.400 e. The van der Waals surface area contributed by atoms with Gasteiger partial charge in [-0.25, -0.2) is 0 Å². The summed E-state index contributed by atoms with van der Waals surface area (Å²) in [6, 6.07) is 33.1. The van der Waals surface area contributed by atoms with Gasteiger partial charge in [0.25, 0.3) is 0 Å². The van der Waals surface area contributed by atoms with Gasteiger partial charge in [0.05, 0.1) is 0 Å². The van der Waals surface area contributed by atoms with E-state index in [1.54, 1.807) is 0 Å². The van der Waals surface area contributed by atoms with Crippen LogP contribution < -0.4 is 31.8 Å².